The number of benzene rings is 1. The average molecular weight is 354 g/mol. The lowest BCUT2D eigenvalue weighted by atomic mass is 10.1. The molecule has 0 spiro atoms. The van der Waals surface area contributed by atoms with Crippen LogP contribution in [0.2, 0.25) is 0 Å². The molecule has 0 aromatic heterocycles. The number of nitrogens with one attached hydrogen (secondary N) is 1. The van der Waals surface area contributed by atoms with Crippen molar-refractivity contribution in [3.8, 4) is 5.75 Å². The van der Waals surface area contributed by atoms with Gasteiger partial charge in [-0.15, -0.1) is 0 Å². The van der Waals surface area contributed by atoms with E-state index in [1.807, 2.05) is 18.2 Å². The second-order valence-electron chi connectivity index (χ2n) is 5.19. The molecule has 0 bridgehead atoms. The smallest absolute Gasteiger partial charge is 0.320 e. The van der Waals surface area contributed by atoms with Crippen LogP contribution in [0.15, 0.2) is 28.2 Å². The zero-order chi connectivity index (χ0) is 15.2. The number of halogens is 1. The van der Waals surface area contributed by atoms with Crippen molar-refractivity contribution in [3.05, 3.63) is 33.8 Å². The maximum Gasteiger partial charge on any atom is 0.320 e. The molecule has 0 fully saturated rings. The van der Waals surface area contributed by atoms with E-state index < -0.39 is 12.0 Å². The largest absolute Gasteiger partial charge is 0.489 e. The molecule has 2 rings (SSSR count). The second-order valence-corrected chi connectivity index (χ2v) is 6.10. The highest BCUT2D eigenvalue weighted by Crippen LogP contribution is 2.28. The van der Waals surface area contributed by atoms with Crippen molar-refractivity contribution in [2.75, 3.05) is 13.2 Å². The Morgan fingerprint density at radius 2 is 2.33 bits per heavy atom. The molecule has 5 heteroatoms. The molecule has 1 heterocycles. The fourth-order valence-electron chi connectivity index (χ4n) is 2.27. The number of fused-ring (bicyclic) bond motifs is 1. The molecule has 0 aliphatic carbocycles. The molecule has 0 saturated carbocycles. The third-order valence-corrected chi connectivity index (χ3v) is 3.96. The van der Waals surface area contributed by atoms with Crippen molar-refractivity contribution in [3.63, 3.8) is 0 Å². The van der Waals surface area contributed by atoms with Crippen LogP contribution >= 0.6 is 15.9 Å². The van der Waals surface area contributed by atoms with Crippen LogP contribution in [-0.4, -0.2) is 30.3 Å². The standard InChI is InChI=1S/C16H20BrNO3/c1-2-3-4-14(16(19)20)18-9-11-7-12-8-13(17)5-6-15(12)21-10-11/h5-8,14,18H,2-4,9-10H2,1H3,(H,19,20)/t14-/m0/s1. The minimum Gasteiger partial charge on any atom is -0.489 e. The highest BCUT2D eigenvalue weighted by Gasteiger charge is 2.18. The summed E-state index contributed by atoms with van der Waals surface area (Å²) in [4.78, 5) is 11.2. The van der Waals surface area contributed by atoms with E-state index in [2.05, 4.69) is 34.2 Å². The Bertz CT molecular complexity index is 542. The third-order valence-electron chi connectivity index (χ3n) is 3.46. The molecule has 0 saturated heterocycles. The van der Waals surface area contributed by atoms with Crippen molar-refractivity contribution >= 4 is 28.0 Å². The van der Waals surface area contributed by atoms with Crippen molar-refractivity contribution in [1.29, 1.82) is 0 Å². The number of carboxylic acid groups (broad SMARTS) is 1. The molecule has 1 atom stereocenters. The lowest BCUT2D eigenvalue weighted by molar-refractivity contribution is -0.139. The van der Waals surface area contributed by atoms with Gasteiger partial charge in [-0.05, 0) is 36.3 Å². The van der Waals surface area contributed by atoms with E-state index in [-0.39, 0.29) is 0 Å². The average Bonchev–Trinajstić information content (AvgIpc) is 2.46. The fourth-order valence-corrected chi connectivity index (χ4v) is 2.65. The first-order valence-electron chi connectivity index (χ1n) is 7.18. The summed E-state index contributed by atoms with van der Waals surface area (Å²) >= 11 is 3.44. The van der Waals surface area contributed by atoms with E-state index in [1.165, 1.54) is 0 Å². The molecule has 2 N–H and O–H groups in total. The Hall–Kier alpha value is -1.33. The molecule has 1 aliphatic heterocycles. The molecular formula is C16H20BrNO3. The molecule has 4 nitrogen and oxygen atoms in total. The van der Waals surface area contributed by atoms with Crippen molar-refractivity contribution in [2.24, 2.45) is 0 Å². The summed E-state index contributed by atoms with van der Waals surface area (Å²) in [5, 5.41) is 12.3. The van der Waals surface area contributed by atoms with Gasteiger partial charge in [0.1, 0.15) is 18.4 Å². The quantitative estimate of drug-likeness (QED) is 0.787. The predicted molar refractivity (Wildman–Crippen MR) is 86.6 cm³/mol. The van der Waals surface area contributed by atoms with Gasteiger partial charge < -0.3 is 15.2 Å². The number of ether oxygens (including phenoxy) is 1. The Kier molecular flexibility index (Phi) is 5.82. The minimum absolute atomic E-state index is 0.491. The van der Waals surface area contributed by atoms with E-state index >= 15 is 0 Å². The van der Waals surface area contributed by atoms with Gasteiger partial charge in [0.15, 0.2) is 0 Å². The van der Waals surface area contributed by atoms with Crippen LogP contribution in [0.25, 0.3) is 6.08 Å². The lowest BCUT2D eigenvalue weighted by Gasteiger charge is -2.20. The number of aliphatic carboxylic acids is 1. The summed E-state index contributed by atoms with van der Waals surface area (Å²) < 4.78 is 6.69. The van der Waals surface area contributed by atoms with Gasteiger partial charge in [0.05, 0.1) is 0 Å². The molecule has 0 radical (unpaired) electrons. The van der Waals surface area contributed by atoms with E-state index in [0.717, 1.165) is 34.2 Å². The fraction of sp³-hybridized carbons (Fsp3) is 0.438. The topological polar surface area (TPSA) is 58.6 Å². The van der Waals surface area contributed by atoms with Crippen molar-refractivity contribution in [2.45, 2.75) is 32.2 Å². The first-order chi connectivity index (χ1) is 10.1. The molecule has 114 valence electrons. The lowest BCUT2D eigenvalue weighted by Crippen LogP contribution is -2.38. The molecule has 21 heavy (non-hydrogen) atoms. The van der Waals surface area contributed by atoms with Gasteiger partial charge >= 0.3 is 5.97 Å². The molecule has 1 aromatic carbocycles. The van der Waals surface area contributed by atoms with Gasteiger partial charge in [-0.25, -0.2) is 0 Å². The molecule has 1 aromatic rings. The Balaban J connectivity index is 1.98. The van der Waals surface area contributed by atoms with Crippen LogP contribution in [0.1, 0.15) is 31.7 Å². The first kappa shape index (κ1) is 16.0. The molecular weight excluding hydrogens is 334 g/mol. The van der Waals surface area contributed by atoms with Crippen LogP contribution in [0.4, 0.5) is 0 Å². The van der Waals surface area contributed by atoms with Crippen LogP contribution < -0.4 is 10.1 Å². The summed E-state index contributed by atoms with van der Waals surface area (Å²) in [6.45, 7) is 3.10. The van der Waals surface area contributed by atoms with Gasteiger partial charge in [-0.2, -0.15) is 0 Å². The number of carbonyl (C=O) groups is 1. The summed E-state index contributed by atoms with van der Waals surface area (Å²) in [7, 11) is 0. The van der Waals surface area contributed by atoms with Gasteiger partial charge in [0.25, 0.3) is 0 Å². The van der Waals surface area contributed by atoms with E-state index in [0.29, 0.717) is 19.6 Å². The van der Waals surface area contributed by atoms with E-state index in [4.69, 9.17) is 4.74 Å². The third kappa shape index (κ3) is 4.58. The van der Waals surface area contributed by atoms with Crippen LogP contribution in [0.3, 0.4) is 0 Å². The van der Waals surface area contributed by atoms with Crippen LogP contribution in [-0.2, 0) is 4.79 Å². The maximum atomic E-state index is 11.2. The summed E-state index contributed by atoms with van der Waals surface area (Å²) in [5.74, 6) is 0.0756. The maximum absolute atomic E-state index is 11.2. The highest BCUT2D eigenvalue weighted by atomic mass is 79.9. The Morgan fingerprint density at radius 3 is 3.05 bits per heavy atom. The Morgan fingerprint density at radius 1 is 1.52 bits per heavy atom. The monoisotopic (exact) mass is 353 g/mol. The number of hydrogen-bond acceptors (Lipinski definition) is 3. The number of unbranched alkanes of at least 4 members (excludes halogenated alkanes) is 1. The molecule has 1 aliphatic rings. The van der Waals surface area contributed by atoms with Crippen LogP contribution in [0.5, 0.6) is 5.75 Å². The number of rotatable bonds is 7. The second kappa shape index (κ2) is 7.61. The summed E-state index contributed by atoms with van der Waals surface area (Å²) in [6, 6.07) is 5.39. The van der Waals surface area contributed by atoms with Crippen LogP contribution in [0, 0.1) is 0 Å². The SMILES string of the molecule is CCCC[C@H](NCC1=Cc2cc(Br)ccc2OC1)C(=O)O. The van der Waals surface area contributed by atoms with Gasteiger partial charge in [-0.1, -0.05) is 35.7 Å². The number of hydrogen-bond donors (Lipinski definition) is 2. The zero-order valence-electron chi connectivity index (χ0n) is 12.1. The molecule has 0 amide bonds. The van der Waals surface area contributed by atoms with E-state index in [1.54, 1.807) is 0 Å². The Labute approximate surface area is 133 Å². The molecule has 0 unspecified atom stereocenters. The van der Waals surface area contributed by atoms with Gasteiger partial charge in [0.2, 0.25) is 0 Å². The predicted octanol–water partition coefficient (Wildman–Crippen LogP) is 3.46. The summed E-state index contributed by atoms with van der Waals surface area (Å²) in [5.41, 5.74) is 2.08. The van der Waals surface area contributed by atoms with Gasteiger partial charge in [0, 0.05) is 16.6 Å². The highest BCUT2D eigenvalue weighted by molar-refractivity contribution is 9.10. The van der Waals surface area contributed by atoms with Crippen molar-refractivity contribution < 1.29 is 14.6 Å². The number of carboxylic acids is 1. The summed E-state index contributed by atoms with van der Waals surface area (Å²) in [6.07, 6.45) is 4.63. The zero-order valence-corrected chi connectivity index (χ0v) is 13.6. The normalized spacial score (nSPS) is 14.9. The first-order valence-corrected chi connectivity index (χ1v) is 7.97. The van der Waals surface area contributed by atoms with Crippen molar-refractivity contribution in [1.82, 2.24) is 5.32 Å². The van der Waals surface area contributed by atoms with E-state index in [9.17, 15) is 9.90 Å². The van der Waals surface area contributed by atoms with Gasteiger partial charge in [-0.3, -0.25) is 4.79 Å². The minimum atomic E-state index is -0.788.